The molecule has 0 saturated carbocycles. The van der Waals surface area contributed by atoms with Crippen LogP contribution < -0.4 is 5.73 Å². The van der Waals surface area contributed by atoms with E-state index in [4.69, 9.17) is 10.5 Å². The lowest BCUT2D eigenvalue weighted by Gasteiger charge is -2.30. The number of hydrogen-bond acceptors (Lipinski definition) is 3. The van der Waals surface area contributed by atoms with Crippen molar-refractivity contribution >= 4 is 5.78 Å². The van der Waals surface area contributed by atoms with Crippen LogP contribution in [0.3, 0.4) is 0 Å². The van der Waals surface area contributed by atoms with Gasteiger partial charge in [-0.1, -0.05) is 27.7 Å². The molecule has 0 bridgehead atoms. The summed E-state index contributed by atoms with van der Waals surface area (Å²) >= 11 is 0. The number of carbonyl (C=O) groups is 1. The maximum Gasteiger partial charge on any atom is 0.135 e. The summed E-state index contributed by atoms with van der Waals surface area (Å²) in [6.07, 6.45) is 3.46. The highest BCUT2D eigenvalue weighted by Crippen LogP contribution is 2.32. The van der Waals surface area contributed by atoms with E-state index >= 15 is 0 Å². The van der Waals surface area contributed by atoms with Gasteiger partial charge in [0.05, 0.1) is 0 Å². The summed E-state index contributed by atoms with van der Waals surface area (Å²) in [5.41, 5.74) is 5.89. The molecule has 108 valence electrons. The van der Waals surface area contributed by atoms with Crippen molar-refractivity contribution in [2.24, 2.45) is 23.0 Å². The highest BCUT2D eigenvalue weighted by molar-refractivity contribution is 5.80. The summed E-state index contributed by atoms with van der Waals surface area (Å²) in [6.45, 7) is 10.1. The van der Waals surface area contributed by atoms with E-state index in [2.05, 4.69) is 20.8 Å². The number of Topliss-reactive ketones (excluding diaryl/α,β-unsaturated/α-hetero) is 1. The van der Waals surface area contributed by atoms with Crippen LogP contribution in [0.4, 0.5) is 0 Å². The van der Waals surface area contributed by atoms with Crippen molar-refractivity contribution in [3.05, 3.63) is 0 Å². The molecule has 0 saturated heterocycles. The van der Waals surface area contributed by atoms with Crippen molar-refractivity contribution in [2.45, 2.75) is 53.4 Å². The molecule has 0 aliphatic rings. The standard InChI is InChI=1S/C15H31NO2/c1-12(9-11-18-5)14(17)7-6-13(8-10-16)15(2,3)4/h12-13H,6-11,16H2,1-5H3. The van der Waals surface area contributed by atoms with Gasteiger partial charge in [0.2, 0.25) is 0 Å². The van der Waals surface area contributed by atoms with Crippen LogP contribution in [-0.4, -0.2) is 26.0 Å². The minimum atomic E-state index is 0.114. The Morgan fingerprint density at radius 1 is 1.22 bits per heavy atom. The van der Waals surface area contributed by atoms with Gasteiger partial charge in [-0.2, -0.15) is 0 Å². The van der Waals surface area contributed by atoms with Crippen molar-refractivity contribution in [3.63, 3.8) is 0 Å². The Balaban J connectivity index is 4.14. The fraction of sp³-hybridized carbons (Fsp3) is 0.933. The molecule has 2 unspecified atom stereocenters. The average Bonchev–Trinajstić information content (AvgIpc) is 2.29. The van der Waals surface area contributed by atoms with E-state index in [1.165, 1.54) is 0 Å². The Morgan fingerprint density at radius 3 is 2.28 bits per heavy atom. The zero-order valence-electron chi connectivity index (χ0n) is 12.8. The van der Waals surface area contributed by atoms with E-state index in [0.29, 0.717) is 31.3 Å². The van der Waals surface area contributed by atoms with Crippen LogP contribution in [0.5, 0.6) is 0 Å². The Kier molecular flexibility index (Phi) is 8.45. The quantitative estimate of drug-likeness (QED) is 0.691. The molecule has 0 fully saturated rings. The molecule has 0 aromatic heterocycles. The van der Waals surface area contributed by atoms with Gasteiger partial charge in [-0.25, -0.2) is 0 Å². The Bertz CT molecular complexity index is 233. The molecule has 0 heterocycles. The zero-order chi connectivity index (χ0) is 14.2. The maximum atomic E-state index is 12.0. The summed E-state index contributed by atoms with van der Waals surface area (Å²) in [5.74, 6) is 1.00. The van der Waals surface area contributed by atoms with E-state index in [-0.39, 0.29) is 11.3 Å². The first kappa shape index (κ1) is 17.6. The van der Waals surface area contributed by atoms with Crippen LogP contribution in [0.1, 0.15) is 53.4 Å². The fourth-order valence-electron chi connectivity index (χ4n) is 2.23. The van der Waals surface area contributed by atoms with Crippen molar-refractivity contribution in [1.82, 2.24) is 0 Å². The number of nitrogens with two attached hydrogens (primary N) is 1. The van der Waals surface area contributed by atoms with Crippen LogP contribution in [0.25, 0.3) is 0 Å². The van der Waals surface area contributed by atoms with Gasteiger partial charge in [0, 0.05) is 26.1 Å². The number of ether oxygens (including phenoxy) is 1. The Hall–Kier alpha value is -0.410. The molecular weight excluding hydrogens is 226 g/mol. The zero-order valence-corrected chi connectivity index (χ0v) is 12.8. The average molecular weight is 257 g/mol. The van der Waals surface area contributed by atoms with Crippen molar-refractivity contribution in [2.75, 3.05) is 20.3 Å². The van der Waals surface area contributed by atoms with Gasteiger partial charge in [0.15, 0.2) is 0 Å². The molecule has 3 nitrogen and oxygen atoms in total. The second kappa shape index (κ2) is 8.65. The lowest BCUT2D eigenvalue weighted by Crippen LogP contribution is -2.25. The molecule has 0 aliphatic carbocycles. The Morgan fingerprint density at radius 2 is 1.83 bits per heavy atom. The molecule has 2 N–H and O–H groups in total. The lowest BCUT2D eigenvalue weighted by molar-refractivity contribution is -0.123. The smallest absolute Gasteiger partial charge is 0.135 e. The summed E-state index contributed by atoms with van der Waals surface area (Å²) in [5, 5.41) is 0. The van der Waals surface area contributed by atoms with Crippen LogP contribution in [0.15, 0.2) is 0 Å². The summed E-state index contributed by atoms with van der Waals surface area (Å²) in [4.78, 5) is 12.0. The highest BCUT2D eigenvalue weighted by atomic mass is 16.5. The molecular formula is C15H31NO2. The first-order valence-corrected chi connectivity index (χ1v) is 7.04. The number of hydrogen-bond donors (Lipinski definition) is 1. The van der Waals surface area contributed by atoms with Gasteiger partial charge >= 0.3 is 0 Å². The number of rotatable bonds is 9. The van der Waals surface area contributed by atoms with Gasteiger partial charge in [-0.3, -0.25) is 4.79 Å². The van der Waals surface area contributed by atoms with Gasteiger partial charge in [-0.15, -0.1) is 0 Å². The predicted octanol–water partition coefficient (Wildman–Crippen LogP) is 3.02. The van der Waals surface area contributed by atoms with Gasteiger partial charge in [0.25, 0.3) is 0 Å². The van der Waals surface area contributed by atoms with Crippen LogP contribution >= 0.6 is 0 Å². The largest absolute Gasteiger partial charge is 0.385 e. The summed E-state index contributed by atoms with van der Waals surface area (Å²) < 4.78 is 5.01. The second-order valence-electron chi connectivity index (χ2n) is 6.33. The van der Waals surface area contributed by atoms with Gasteiger partial charge in [-0.05, 0) is 37.1 Å². The first-order chi connectivity index (χ1) is 8.32. The topological polar surface area (TPSA) is 52.3 Å². The maximum absolute atomic E-state index is 12.0. The molecule has 0 aromatic rings. The number of ketones is 1. The van der Waals surface area contributed by atoms with E-state index in [1.807, 2.05) is 6.92 Å². The van der Waals surface area contributed by atoms with Crippen molar-refractivity contribution in [1.29, 1.82) is 0 Å². The minimum Gasteiger partial charge on any atom is -0.385 e. The number of methoxy groups -OCH3 is 1. The van der Waals surface area contributed by atoms with Gasteiger partial charge in [0.1, 0.15) is 5.78 Å². The van der Waals surface area contributed by atoms with Crippen LogP contribution in [0, 0.1) is 17.3 Å². The third-order valence-corrected chi connectivity index (χ3v) is 3.78. The van der Waals surface area contributed by atoms with E-state index in [1.54, 1.807) is 7.11 Å². The third kappa shape index (κ3) is 7.12. The molecule has 0 rings (SSSR count). The number of carbonyl (C=O) groups excluding carboxylic acids is 1. The van der Waals surface area contributed by atoms with Crippen molar-refractivity contribution in [3.8, 4) is 0 Å². The van der Waals surface area contributed by atoms with Gasteiger partial charge < -0.3 is 10.5 Å². The first-order valence-electron chi connectivity index (χ1n) is 7.04. The van der Waals surface area contributed by atoms with Crippen molar-refractivity contribution < 1.29 is 9.53 Å². The Labute approximate surface area is 112 Å². The fourth-order valence-corrected chi connectivity index (χ4v) is 2.23. The monoisotopic (exact) mass is 257 g/mol. The van der Waals surface area contributed by atoms with E-state index < -0.39 is 0 Å². The van der Waals surface area contributed by atoms with Crippen LogP contribution in [0.2, 0.25) is 0 Å². The molecule has 0 aromatic carbocycles. The van der Waals surface area contributed by atoms with E-state index in [0.717, 1.165) is 19.3 Å². The molecule has 0 aliphatic heterocycles. The van der Waals surface area contributed by atoms with Crippen LogP contribution in [-0.2, 0) is 9.53 Å². The highest BCUT2D eigenvalue weighted by Gasteiger charge is 2.25. The SMILES string of the molecule is COCCC(C)C(=O)CCC(CCN)C(C)(C)C. The van der Waals surface area contributed by atoms with E-state index in [9.17, 15) is 4.79 Å². The second-order valence-corrected chi connectivity index (χ2v) is 6.33. The normalized spacial score (nSPS) is 15.4. The minimum absolute atomic E-state index is 0.114. The lowest BCUT2D eigenvalue weighted by atomic mass is 9.75. The molecule has 0 spiro atoms. The molecule has 0 radical (unpaired) electrons. The molecule has 3 heteroatoms. The molecule has 18 heavy (non-hydrogen) atoms. The molecule has 0 amide bonds. The third-order valence-electron chi connectivity index (χ3n) is 3.78. The summed E-state index contributed by atoms with van der Waals surface area (Å²) in [6, 6.07) is 0. The molecule has 2 atom stereocenters. The predicted molar refractivity (Wildman–Crippen MR) is 76.5 cm³/mol. The summed E-state index contributed by atoms with van der Waals surface area (Å²) in [7, 11) is 1.67.